The zero-order valence-electron chi connectivity index (χ0n) is 11.1. The van der Waals surface area contributed by atoms with Gasteiger partial charge in [-0.15, -0.1) is 11.3 Å². The summed E-state index contributed by atoms with van der Waals surface area (Å²) in [5, 5.41) is 4.68. The zero-order valence-corrected chi connectivity index (χ0v) is 12.7. The van der Waals surface area contributed by atoms with Gasteiger partial charge in [-0.1, -0.05) is 17.7 Å². The molecule has 4 aromatic rings. The third-order valence-electron chi connectivity index (χ3n) is 3.52. The molecule has 0 amide bonds. The molecule has 104 valence electrons. The van der Waals surface area contributed by atoms with Crippen molar-refractivity contribution in [3.8, 4) is 0 Å². The van der Waals surface area contributed by atoms with E-state index in [1.165, 1.54) is 27.8 Å². The number of benzene rings is 1. The second-order valence-corrected chi connectivity index (χ2v) is 6.51. The van der Waals surface area contributed by atoms with E-state index in [9.17, 15) is 0 Å². The van der Waals surface area contributed by atoms with Gasteiger partial charge >= 0.3 is 0 Å². The molecule has 0 aliphatic heterocycles. The van der Waals surface area contributed by atoms with E-state index in [4.69, 9.17) is 11.6 Å². The van der Waals surface area contributed by atoms with Crippen LogP contribution in [0, 0.1) is 0 Å². The molecule has 3 heterocycles. The van der Waals surface area contributed by atoms with Crippen LogP contribution in [0.2, 0.25) is 4.47 Å². The van der Waals surface area contributed by atoms with Gasteiger partial charge in [-0.25, -0.2) is 4.98 Å². The number of anilines is 1. The van der Waals surface area contributed by atoms with Crippen LogP contribution < -0.4 is 5.32 Å². The normalized spacial score (nSPS) is 11.3. The van der Waals surface area contributed by atoms with Crippen molar-refractivity contribution in [3.63, 3.8) is 0 Å². The smallest absolute Gasteiger partial charge is 0.183 e. The van der Waals surface area contributed by atoms with Crippen LogP contribution >= 0.6 is 22.9 Å². The first-order valence-electron chi connectivity index (χ1n) is 6.64. The van der Waals surface area contributed by atoms with Crippen LogP contribution in [0.15, 0.2) is 54.9 Å². The summed E-state index contributed by atoms with van der Waals surface area (Å²) in [5.74, 6) is 0. The number of fused-ring (bicyclic) bond motifs is 3. The number of aromatic nitrogens is 2. The second-order valence-electron chi connectivity index (χ2n) is 4.81. The minimum Gasteiger partial charge on any atom is -0.380 e. The number of hydrogen-bond donors (Lipinski definition) is 1. The molecule has 1 aromatic carbocycles. The van der Waals surface area contributed by atoms with Gasteiger partial charge in [-0.3, -0.25) is 0 Å². The predicted octanol–water partition coefficient (Wildman–Crippen LogP) is 4.81. The van der Waals surface area contributed by atoms with E-state index < -0.39 is 0 Å². The van der Waals surface area contributed by atoms with E-state index in [-0.39, 0.29) is 0 Å². The van der Waals surface area contributed by atoms with Gasteiger partial charge in [-0.2, -0.15) is 0 Å². The lowest BCUT2D eigenvalue weighted by atomic mass is 10.1. The Morgan fingerprint density at radius 3 is 2.95 bits per heavy atom. The SMILES string of the molecule is Clc1ncc(CNc2cccc3c2ccc2cccn23)s1. The van der Waals surface area contributed by atoms with Gasteiger partial charge in [0.1, 0.15) is 0 Å². The Kier molecular flexibility index (Phi) is 3.05. The Balaban J connectivity index is 1.74. The first-order chi connectivity index (χ1) is 10.3. The fourth-order valence-electron chi connectivity index (χ4n) is 2.56. The average Bonchev–Trinajstić information content (AvgIpc) is 3.13. The molecule has 0 unspecified atom stereocenters. The van der Waals surface area contributed by atoms with E-state index in [0.29, 0.717) is 4.47 Å². The molecule has 0 saturated heterocycles. The largest absolute Gasteiger partial charge is 0.380 e. The van der Waals surface area contributed by atoms with Crippen molar-refractivity contribution in [3.05, 3.63) is 64.2 Å². The molecule has 0 atom stereocenters. The lowest BCUT2D eigenvalue weighted by Gasteiger charge is -2.10. The van der Waals surface area contributed by atoms with Crippen LogP contribution in [-0.2, 0) is 6.54 Å². The van der Waals surface area contributed by atoms with Crippen LogP contribution in [0.1, 0.15) is 4.88 Å². The molecule has 0 fully saturated rings. The molecular weight excluding hydrogens is 302 g/mol. The Labute approximate surface area is 130 Å². The summed E-state index contributed by atoms with van der Waals surface area (Å²) >= 11 is 7.37. The highest BCUT2D eigenvalue weighted by atomic mass is 35.5. The number of pyridine rings is 1. The molecule has 0 radical (unpaired) electrons. The molecule has 0 spiro atoms. The van der Waals surface area contributed by atoms with Crippen LogP contribution in [0.25, 0.3) is 16.4 Å². The average molecular weight is 314 g/mol. The maximum Gasteiger partial charge on any atom is 0.183 e. The molecular formula is C16H12ClN3S. The molecule has 4 rings (SSSR count). The highest BCUT2D eigenvalue weighted by Gasteiger charge is 2.05. The van der Waals surface area contributed by atoms with E-state index in [1.807, 2.05) is 6.20 Å². The summed E-state index contributed by atoms with van der Waals surface area (Å²) in [5.41, 5.74) is 3.52. The molecule has 3 nitrogen and oxygen atoms in total. The van der Waals surface area contributed by atoms with Gasteiger partial charge in [0.15, 0.2) is 4.47 Å². The summed E-state index contributed by atoms with van der Waals surface area (Å²) in [4.78, 5) is 5.19. The van der Waals surface area contributed by atoms with E-state index in [0.717, 1.165) is 17.1 Å². The molecule has 21 heavy (non-hydrogen) atoms. The molecule has 5 heteroatoms. The van der Waals surface area contributed by atoms with Crippen LogP contribution in [0.4, 0.5) is 5.69 Å². The molecule has 0 saturated carbocycles. The second kappa shape index (κ2) is 5.06. The predicted molar refractivity (Wildman–Crippen MR) is 89.4 cm³/mol. The molecule has 0 aliphatic carbocycles. The first kappa shape index (κ1) is 12.7. The number of halogens is 1. The van der Waals surface area contributed by atoms with Crippen molar-refractivity contribution in [1.82, 2.24) is 9.38 Å². The maximum atomic E-state index is 5.87. The van der Waals surface area contributed by atoms with Crippen molar-refractivity contribution in [2.75, 3.05) is 5.32 Å². The monoisotopic (exact) mass is 313 g/mol. The van der Waals surface area contributed by atoms with Crippen LogP contribution in [0.3, 0.4) is 0 Å². The lowest BCUT2D eigenvalue weighted by molar-refractivity contribution is 1.18. The summed E-state index contributed by atoms with van der Waals surface area (Å²) in [7, 11) is 0. The number of thiazole rings is 1. The number of nitrogens with one attached hydrogen (secondary N) is 1. The first-order valence-corrected chi connectivity index (χ1v) is 7.83. The van der Waals surface area contributed by atoms with Gasteiger partial charge in [-0.05, 0) is 36.4 Å². The van der Waals surface area contributed by atoms with E-state index in [2.05, 4.69) is 63.4 Å². The van der Waals surface area contributed by atoms with Gasteiger partial charge in [0.05, 0.1) is 12.1 Å². The Hall–Kier alpha value is -2.04. The summed E-state index contributed by atoms with van der Waals surface area (Å²) in [6, 6.07) is 14.8. The topological polar surface area (TPSA) is 29.3 Å². The summed E-state index contributed by atoms with van der Waals surface area (Å²) in [6.45, 7) is 0.729. The quantitative estimate of drug-likeness (QED) is 0.588. The maximum absolute atomic E-state index is 5.87. The van der Waals surface area contributed by atoms with Crippen LogP contribution in [-0.4, -0.2) is 9.38 Å². The van der Waals surface area contributed by atoms with Crippen molar-refractivity contribution >= 4 is 45.0 Å². The highest BCUT2D eigenvalue weighted by Crippen LogP contribution is 2.26. The van der Waals surface area contributed by atoms with Gasteiger partial charge in [0.2, 0.25) is 0 Å². The third-order valence-corrected chi connectivity index (χ3v) is 4.64. The molecule has 3 aromatic heterocycles. The Bertz CT molecular complexity index is 925. The Morgan fingerprint density at radius 1 is 1.14 bits per heavy atom. The minimum atomic E-state index is 0.582. The fourth-order valence-corrected chi connectivity index (χ4v) is 3.48. The summed E-state index contributed by atoms with van der Waals surface area (Å²) < 4.78 is 2.78. The minimum absolute atomic E-state index is 0.582. The fraction of sp³-hybridized carbons (Fsp3) is 0.0625. The zero-order chi connectivity index (χ0) is 14.2. The van der Waals surface area contributed by atoms with Crippen LogP contribution in [0.5, 0.6) is 0 Å². The molecule has 1 N–H and O–H groups in total. The Morgan fingerprint density at radius 2 is 2.10 bits per heavy atom. The van der Waals surface area contributed by atoms with Gasteiger partial charge < -0.3 is 9.72 Å². The van der Waals surface area contributed by atoms with Gasteiger partial charge in [0.25, 0.3) is 0 Å². The van der Waals surface area contributed by atoms with Crippen molar-refractivity contribution in [1.29, 1.82) is 0 Å². The van der Waals surface area contributed by atoms with E-state index in [1.54, 1.807) is 0 Å². The van der Waals surface area contributed by atoms with E-state index >= 15 is 0 Å². The lowest BCUT2D eigenvalue weighted by Crippen LogP contribution is -1.99. The number of nitrogens with zero attached hydrogens (tertiary/aromatic N) is 2. The molecule has 0 aliphatic rings. The van der Waals surface area contributed by atoms with Crippen molar-refractivity contribution in [2.45, 2.75) is 6.54 Å². The van der Waals surface area contributed by atoms with Crippen molar-refractivity contribution < 1.29 is 0 Å². The standard InChI is InChI=1S/C16H12ClN3S/c17-16-19-10-12(21-16)9-18-14-4-1-5-15-13(14)7-6-11-3-2-8-20(11)15/h1-8,10,18H,9H2. The third kappa shape index (κ3) is 2.26. The van der Waals surface area contributed by atoms with Gasteiger partial charge in [0, 0.05) is 33.9 Å². The molecule has 0 bridgehead atoms. The number of hydrogen-bond acceptors (Lipinski definition) is 3. The van der Waals surface area contributed by atoms with Crippen molar-refractivity contribution in [2.24, 2.45) is 0 Å². The highest BCUT2D eigenvalue weighted by molar-refractivity contribution is 7.15. The summed E-state index contributed by atoms with van der Waals surface area (Å²) in [6.07, 6.45) is 3.90. The number of rotatable bonds is 3.